The molecule has 1 saturated heterocycles. The Morgan fingerprint density at radius 3 is 3.09 bits per heavy atom. The van der Waals surface area contributed by atoms with Crippen LogP contribution in [-0.4, -0.2) is 38.0 Å². The van der Waals surface area contributed by atoms with Gasteiger partial charge in [-0.05, 0) is 30.2 Å². The van der Waals surface area contributed by atoms with Gasteiger partial charge in [0, 0.05) is 31.1 Å². The lowest BCUT2D eigenvalue weighted by Crippen LogP contribution is -2.02. The standard InChI is InChI=1S/C16H17N5O/c1-3-13(9-15(4-1)21-7-2-6-17-21)10-20-11-16(18-19-20)14-5-8-22-12-14/h1-4,6-7,9,11,14H,5,8,10,12H2/t14-/m0/s1. The lowest BCUT2D eigenvalue weighted by molar-refractivity contribution is 0.193. The van der Waals surface area contributed by atoms with E-state index in [9.17, 15) is 0 Å². The van der Waals surface area contributed by atoms with Crippen LogP contribution in [0.1, 0.15) is 23.6 Å². The van der Waals surface area contributed by atoms with Crippen LogP contribution in [0.15, 0.2) is 48.9 Å². The molecule has 0 aliphatic carbocycles. The fourth-order valence-electron chi connectivity index (χ4n) is 2.75. The molecule has 6 nitrogen and oxygen atoms in total. The molecule has 4 rings (SSSR count). The third-order valence-electron chi connectivity index (χ3n) is 3.93. The van der Waals surface area contributed by atoms with Crippen LogP contribution in [0.3, 0.4) is 0 Å². The monoisotopic (exact) mass is 295 g/mol. The largest absolute Gasteiger partial charge is 0.381 e. The first-order valence-electron chi connectivity index (χ1n) is 7.45. The van der Waals surface area contributed by atoms with Gasteiger partial charge in [0.1, 0.15) is 0 Å². The van der Waals surface area contributed by atoms with Gasteiger partial charge in [0.05, 0.1) is 24.5 Å². The molecule has 1 aliphatic heterocycles. The summed E-state index contributed by atoms with van der Waals surface area (Å²) in [4.78, 5) is 0. The predicted octanol–water partition coefficient (Wildman–Crippen LogP) is 2.02. The summed E-state index contributed by atoms with van der Waals surface area (Å²) in [6.45, 7) is 2.28. The van der Waals surface area contributed by atoms with E-state index in [1.165, 1.54) is 5.56 Å². The molecule has 22 heavy (non-hydrogen) atoms. The molecule has 2 aromatic heterocycles. The lowest BCUT2D eigenvalue weighted by Gasteiger charge is -2.05. The van der Waals surface area contributed by atoms with Crippen LogP contribution >= 0.6 is 0 Å². The summed E-state index contributed by atoms with van der Waals surface area (Å²) in [5, 5.41) is 12.8. The molecule has 1 fully saturated rings. The Bertz CT molecular complexity index is 744. The van der Waals surface area contributed by atoms with Gasteiger partial charge in [-0.2, -0.15) is 5.10 Å². The Hall–Kier alpha value is -2.47. The van der Waals surface area contributed by atoms with Gasteiger partial charge in [-0.1, -0.05) is 17.3 Å². The van der Waals surface area contributed by atoms with Crippen molar-refractivity contribution in [3.05, 3.63) is 60.2 Å². The molecule has 1 aliphatic rings. The molecule has 0 spiro atoms. The maximum Gasteiger partial charge on any atom is 0.0881 e. The SMILES string of the molecule is c1cc(Cn2cc([C@H]3CCOC3)nn2)cc(-n2cccn2)c1. The topological polar surface area (TPSA) is 57.8 Å². The van der Waals surface area contributed by atoms with Crippen molar-refractivity contribution >= 4 is 0 Å². The highest BCUT2D eigenvalue weighted by Gasteiger charge is 2.20. The number of benzene rings is 1. The Morgan fingerprint density at radius 2 is 2.27 bits per heavy atom. The van der Waals surface area contributed by atoms with E-state index in [-0.39, 0.29) is 0 Å². The molecule has 0 bridgehead atoms. The van der Waals surface area contributed by atoms with Crippen LogP contribution < -0.4 is 0 Å². The summed E-state index contributed by atoms with van der Waals surface area (Å²) in [6.07, 6.45) is 6.78. The molecule has 3 heterocycles. The van der Waals surface area contributed by atoms with E-state index in [1.807, 2.05) is 40.0 Å². The van der Waals surface area contributed by atoms with Crippen molar-refractivity contribution < 1.29 is 4.74 Å². The van der Waals surface area contributed by atoms with Crippen molar-refractivity contribution in [3.63, 3.8) is 0 Å². The van der Waals surface area contributed by atoms with Gasteiger partial charge in [0.2, 0.25) is 0 Å². The van der Waals surface area contributed by atoms with E-state index in [4.69, 9.17) is 4.74 Å². The van der Waals surface area contributed by atoms with Gasteiger partial charge in [-0.15, -0.1) is 5.10 Å². The highest BCUT2D eigenvalue weighted by atomic mass is 16.5. The zero-order valence-corrected chi connectivity index (χ0v) is 12.2. The van der Waals surface area contributed by atoms with E-state index < -0.39 is 0 Å². The smallest absolute Gasteiger partial charge is 0.0881 e. The molecule has 0 radical (unpaired) electrons. The van der Waals surface area contributed by atoms with E-state index in [0.29, 0.717) is 12.5 Å². The number of ether oxygens (including phenoxy) is 1. The second kappa shape index (κ2) is 5.73. The van der Waals surface area contributed by atoms with Gasteiger partial charge in [0.15, 0.2) is 0 Å². The predicted molar refractivity (Wildman–Crippen MR) is 80.9 cm³/mol. The van der Waals surface area contributed by atoms with Crippen molar-refractivity contribution in [3.8, 4) is 5.69 Å². The molecule has 1 aromatic carbocycles. The third-order valence-corrected chi connectivity index (χ3v) is 3.93. The average molecular weight is 295 g/mol. The highest BCUT2D eigenvalue weighted by Crippen LogP contribution is 2.23. The Morgan fingerprint density at radius 1 is 1.27 bits per heavy atom. The van der Waals surface area contributed by atoms with E-state index in [2.05, 4.69) is 27.5 Å². The van der Waals surface area contributed by atoms with Crippen LogP contribution in [-0.2, 0) is 11.3 Å². The fourth-order valence-corrected chi connectivity index (χ4v) is 2.75. The van der Waals surface area contributed by atoms with Crippen LogP contribution in [0.5, 0.6) is 0 Å². The first-order chi connectivity index (χ1) is 10.9. The van der Waals surface area contributed by atoms with Crippen molar-refractivity contribution in [2.24, 2.45) is 0 Å². The normalized spacial score (nSPS) is 17.9. The third kappa shape index (κ3) is 2.65. The summed E-state index contributed by atoms with van der Waals surface area (Å²) in [6, 6.07) is 10.2. The Kier molecular flexibility index (Phi) is 3.44. The number of aromatic nitrogens is 5. The quantitative estimate of drug-likeness (QED) is 0.739. The van der Waals surface area contributed by atoms with Gasteiger partial charge >= 0.3 is 0 Å². The Balaban J connectivity index is 1.52. The van der Waals surface area contributed by atoms with Crippen molar-refractivity contribution in [2.45, 2.75) is 18.9 Å². The van der Waals surface area contributed by atoms with Crippen LogP contribution in [0.25, 0.3) is 5.69 Å². The van der Waals surface area contributed by atoms with Crippen molar-refractivity contribution in [1.82, 2.24) is 24.8 Å². The van der Waals surface area contributed by atoms with Crippen LogP contribution in [0.4, 0.5) is 0 Å². The molecular formula is C16H17N5O. The molecular weight excluding hydrogens is 278 g/mol. The average Bonchev–Trinajstić information content (AvgIpc) is 3.29. The second-order valence-electron chi connectivity index (χ2n) is 5.52. The van der Waals surface area contributed by atoms with Gasteiger partial charge in [-0.25, -0.2) is 9.36 Å². The molecule has 0 saturated carbocycles. The molecule has 3 aromatic rings. The van der Waals surface area contributed by atoms with Gasteiger partial charge < -0.3 is 4.74 Å². The second-order valence-corrected chi connectivity index (χ2v) is 5.52. The summed E-state index contributed by atoms with van der Waals surface area (Å²) >= 11 is 0. The van der Waals surface area contributed by atoms with Crippen molar-refractivity contribution in [2.75, 3.05) is 13.2 Å². The van der Waals surface area contributed by atoms with Gasteiger partial charge in [-0.3, -0.25) is 0 Å². The van der Waals surface area contributed by atoms with Gasteiger partial charge in [0.25, 0.3) is 0 Å². The molecule has 1 atom stereocenters. The first kappa shape index (κ1) is 13.2. The molecule has 0 amide bonds. The summed E-state index contributed by atoms with van der Waals surface area (Å²) in [5.74, 6) is 0.393. The van der Waals surface area contributed by atoms with Crippen LogP contribution in [0, 0.1) is 0 Å². The number of hydrogen-bond donors (Lipinski definition) is 0. The zero-order valence-electron chi connectivity index (χ0n) is 12.2. The minimum atomic E-state index is 0.393. The van der Waals surface area contributed by atoms with Crippen molar-refractivity contribution in [1.29, 1.82) is 0 Å². The fraction of sp³-hybridized carbons (Fsp3) is 0.312. The number of nitrogens with zero attached hydrogens (tertiary/aromatic N) is 5. The Labute approximate surface area is 128 Å². The van der Waals surface area contributed by atoms with Crippen LogP contribution in [0.2, 0.25) is 0 Å². The number of hydrogen-bond acceptors (Lipinski definition) is 4. The molecule has 0 unspecified atom stereocenters. The maximum atomic E-state index is 5.41. The lowest BCUT2D eigenvalue weighted by atomic mass is 10.1. The summed E-state index contributed by atoms with van der Waals surface area (Å²) in [5.41, 5.74) is 3.25. The van der Waals surface area contributed by atoms with E-state index in [1.54, 1.807) is 6.20 Å². The first-order valence-corrected chi connectivity index (χ1v) is 7.45. The molecule has 0 N–H and O–H groups in total. The number of rotatable bonds is 4. The molecule has 112 valence electrons. The van der Waals surface area contributed by atoms with E-state index >= 15 is 0 Å². The van der Waals surface area contributed by atoms with E-state index in [0.717, 1.165) is 31.0 Å². The maximum absolute atomic E-state index is 5.41. The summed E-state index contributed by atoms with van der Waals surface area (Å²) in [7, 11) is 0. The summed E-state index contributed by atoms with van der Waals surface area (Å²) < 4.78 is 9.15. The minimum Gasteiger partial charge on any atom is -0.381 e. The zero-order chi connectivity index (χ0) is 14.8. The minimum absolute atomic E-state index is 0.393. The highest BCUT2D eigenvalue weighted by molar-refractivity contribution is 5.35. The molecule has 6 heteroatoms.